The van der Waals surface area contributed by atoms with E-state index in [1.54, 1.807) is 60.7 Å². The first-order valence-electron chi connectivity index (χ1n) is 8.27. The minimum absolute atomic E-state index is 0.227. The van der Waals surface area contributed by atoms with Gasteiger partial charge in [0.25, 0.3) is 11.5 Å². The van der Waals surface area contributed by atoms with Crippen molar-refractivity contribution in [3.8, 4) is 11.4 Å². The molecule has 0 saturated heterocycles. The van der Waals surface area contributed by atoms with E-state index >= 15 is 0 Å². The van der Waals surface area contributed by atoms with Crippen LogP contribution < -0.4 is 10.9 Å². The van der Waals surface area contributed by atoms with Gasteiger partial charge in [-0.05, 0) is 48.5 Å². The number of rotatable bonds is 3. The van der Waals surface area contributed by atoms with Gasteiger partial charge in [-0.2, -0.15) is 0 Å². The van der Waals surface area contributed by atoms with Crippen LogP contribution in [0.5, 0.6) is 0 Å². The van der Waals surface area contributed by atoms with E-state index in [1.165, 1.54) is 0 Å². The Hall–Kier alpha value is -3.44. The van der Waals surface area contributed by atoms with E-state index < -0.39 is 0 Å². The zero-order valence-electron chi connectivity index (χ0n) is 14.1. The van der Waals surface area contributed by atoms with Crippen LogP contribution in [-0.2, 0) is 0 Å². The second kappa shape index (κ2) is 7.05. The fourth-order valence-electron chi connectivity index (χ4n) is 2.81. The number of carbonyl (C=O) groups excluding carboxylic acids is 1. The largest absolute Gasteiger partial charge is 0.321 e. The lowest BCUT2D eigenvalue weighted by Crippen LogP contribution is -2.14. The number of aromatic nitrogens is 2. The molecule has 0 saturated carbocycles. The maximum atomic E-state index is 12.5. The molecule has 0 atom stereocenters. The molecule has 1 aromatic heterocycles. The van der Waals surface area contributed by atoms with Gasteiger partial charge in [0.2, 0.25) is 0 Å². The van der Waals surface area contributed by atoms with E-state index in [9.17, 15) is 9.59 Å². The smallest absolute Gasteiger partial charge is 0.259 e. The Morgan fingerprint density at radius 2 is 1.63 bits per heavy atom. The molecule has 0 unspecified atom stereocenters. The molecule has 132 valence electrons. The molecule has 27 heavy (non-hydrogen) atoms. The lowest BCUT2D eigenvalue weighted by Gasteiger charge is -2.11. The Labute approximate surface area is 159 Å². The molecule has 4 rings (SSSR count). The van der Waals surface area contributed by atoms with Crippen LogP contribution in [0.4, 0.5) is 5.69 Å². The minimum atomic E-state index is -0.276. The number of fused-ring (bicyclic) bond motifs is 1. The second-order valence-electron chi connectivity index (χ2n) is 5.94. The highest BCUT2D eigenvalue weighted by Gasteiger charge is 2.13. The molecule has 3 aromatic carbocycles. The highest BCUT2D eigenvalue weighted by molar-refractivity contribution is 6.30. The molecule has 0 fully saturated rings. The lowest BCUT2D eigenvalue weighted by molar-refractivity contribution is 0.102. The summed E-state index contributed by atoms with van der Waals surface area (Å²) in [4.78, 5) is 32.2. The van der Waals surface area contributed by atoms with Gasteiger partial charge >= 0.3 is 0 Å². The number of H-pyrrole nitrogens is 1. The highest BCUT2D eigenvalue weighted by atomic mass is 35.5. The van der Waals surface area contributed by atoms with Crippen LogP contribution >= 0.6 is 11.6 Å². The molecule has 1 amide bonds. The molecule has 0 spiro atoms. The molecule has 2 N–H and O–H groups in total. The van der Waals surface area contributed by atoms with Crippen molar-refractivity contribution in [2.75, 3.05) is 5.32 Å². The van der Waals surface area contributed by atoms with Crippen LogP contribution in [0, 0.1) is 0 Å². The van der Waals surface area contributed by atoms with Crippen LogP contribution in [0.1, 0.15) is 10.4 Å². The molecule has 5 nitrogen and oxygen atoms in total. The van der Waals surface area contributed by atoms with E-state index in [0.29, 0.717) is 38.6 Å². The summed E-state index contributed by atoms with van der Waals surface area (Å²) in [6, 6.07) is 20.9. The van der Waals surface area contributed by atoms with Gasteiger partial charge in [-0.3, -0.25) is 9.59 Å². The van der Waals surface area contributed by atoms with Crippen LogP contribution in [-0.4, -0.2) is 15.9 Å². The number of halogens is 1. The van der Waals surface area contributed by atoms with Crippen LogP contribution in [0.3, 0.4) is 0 Å². The summed E-state index contributed by atoms with van der Waals surface area (Å²) in [5, 5.41) is 3.95. The maximum Gasteiger partial charge on any atom is 0.259 e. The summed E-state index contributed by atoms with van der Waals surface area (Å²) in [5.41, 5.74) is 2.03. The first kappa shape index (κ1) is 17.0. The molecule has 0 aliphatic rings. The van der Waals surface area contributed by atoms with Crippen molar-refractivity contribution in [3.05, 3.63) is 93.7 Å². The van der Waals surface area contributed by atoms with Gasteiger partial charge in [0, 0.05) is 16.1 Å². The third-order valence-corrected chi connectivity index (χ3v) is 4.40. The van der Waals surface area contributed by atoms with E-state index in [4.69, 9.17) is 11.6 Å². The number of benzene rings is 3. The van der Waals surface area contributed by atoms with Gasteiger partial charge in [0.15, 0.2) is 0 Å². The molecule has 4 aromatic rings. The Morgan fingerprint density at radius 1 is 0.926 bits per heavy atom. The lowest BCUT2D eigenvalue weighted by atomic mass is 10.1. The molecular weight excluding hydrogens is 362 g/mol. The third-order valence-electron chi connectivity index (χ3n) is 4.15. The normalized spacial score (nSPS) is 10.7. The number of nitrogens with one attached hydrogen (secondary N) is 2. The van der Waals surface area contributed by atoms with Gasteiger partial charge in [-0.25, -0.2) is 4.98 Å². The maximum absolute atomic E-state index is 12.5. The van der Waals surface area contributed by atoms with Gasteiger partial charge in [-0.15, -0.1) is 0 Å². The van der Waals surface area contributed by atoms with E-state index in [1.807, 2.05) is 12.1 Å². The van der Waals surface area contributed by atoms with Crippen LogP contribution in [0.25, 0.3) is 22.3 Å². The second-order valence-corrected chi connectivity index (χ2v) is 6.37. The summed E-state index contributed by atoms with van der Waals surface area (Å²) in [7, 11) is 0. The Kier molecular flexibility index (Phi) is 4.44. The van der Waals surface area contributed by atoms with Crippen molar-refractivity contribution in [2.45, 2.75) is 0 Å². The molecule has 0 aliphatic heterocycles. The molecular formula is C21H14ClN3O2. The first-order chi connectivity index (χ1) is 13.1. The van der Waals surface area contributed by atoms with Gasteiger partial charge in [-0.1, -0.05) is 35.9 Å². The summed E-state index contributed by atoms with van der Waals surface area (Å²) < 4.78 is 0. The van der Waals surface area contributed by atoms with Crippen molar-refractivity contribution in [1.82, 2.24) is 9.97 Å². The van der Waals surface area contributed by atoms with Gasteiger partial charge in [0.05, 0.1) is 16.6 Å². The first-order valence-corrected chi connectivity index (χ1v) is 8.65. The Balaban J connectivity index is 1.74. The van der Waals surface area contributed by atoms with Crippen molar-refractivity contribution < 1.29 is 4.79 Å². The van der Waals surface area contributed by atoms with Gasteiger partial charge in [0.1, 0.15) is 5.82 Å². The van der Waals surface area contributed by atoms with Crippen molar-refractivity contribution >= 4 is 34.1 Å². The molecule has 0 bridgehead atoms. The van der Waals surface area contributed by atoms with E-state index in [0.717, 1.165) is 0 Å². The Bertz CT molecular complexity index is 1200. The SMILES string of the molecule is O=C(Nc1ccccc1-c1nc2ccccc2c(=O)[nH]1)c1ccc(Cl)cc1. The summed E-state index contributed by atoms with van der Waals surface area (Å²) in [5.74, 6) is 0.118. The summed E-state index contributed by atoms with van der Waals surface area (Å²) >= 11 is 5.87. The van der Waals surface area contributed by atoms with Crippen molar-refractivity contribution in [1.29, 1.82) is 0 Å². The number of carbonyl (C=O) groups is 1. The number of hydrogen-bond acceptors (Lipinski definition) is 3. The van der Waals surface area contributed by atoms with E-state index in [2.05, 4.69) is 15.3 Å². The summed E-state index contributed by atoms with van der Waals surface area (Å²) in [6.45, 7) is 0. The molecule has 1 heterocycles. The number of amides is 1. The number of aromatic amines is 1. The number of hydrogen-bond donors (Lipinski definition) is 2. The van der Waals surface area contributed by atoms with Crippen molar-refractivity contribution in [2.24, 2.45) is 0 Å². The molecule has 0 radical (unpaired) electrons. The minimum Gasteiger partial charge on any atom is -0.321 e. The quantitative estimate of drug-likeness (QED) is 0.553. The standard InChI is InChI=1S/C21H14ClN3O2/c22-14-11-9-13(10-12-14)20(26)24-17-7-3-1-5-15(17)19-23-18-8-4-2-6-16(18)21(27)25-19/h1-12H,(H,24,26)(H,23,25,27). The Morgan fingerprint density at radius 3 is 2.44 bits per heavy atom. The predicted molar refractivity (Wildman–Crippen MR) is 107 cm³/mol. The predicted octanol–water partition coefficient (Wildman–Crippen LogP) is 4.50. The number of para-hydroxylation sites is 2. The topological polar surface area (TPSA) is 74.8 Å². The fourth-order valence-corrected chi connectivity index (χ4v) is 2.93. The number of nitrogens with zero attached hydrogens (tertiary/aromatic N) is 1. The summed E-state index contributed by atoms with van der Waals surface area (Å²) in [6.07, 6.45) is 0. The average molecular weight is 376 g/mol. The van der Waals surface area contributed by atoms with Crippen LogP contribution in [0.2, 0.25) is 5.02 Å². The molecule has 6 heteroatoms. The van der Waals surface area contributed by atoms with E-state index in [-0.39, 0.29) is 11.5 Å². The average Bonchev–Trinajstić information content (AvgIpc) is 2.69. The highest BCUT2D eigenvalue weighted by Crippen LogP contribution is 2.26. The monoisotopic (exact) mass is 375 g/mol. The zero-order chi connectivity index (χ0) is 18.8. The fraction of sp³-hybridized carbons (Fsp3) is 0. The molecule has 0 aliphatic carbocycles. The van der Waals surface area contributed by atoms with Crippen LogP contribution in [0.15, 0.2) is 77.6 Å². The van der Waals surface area contributed by atoms with Crippen molar-refractivity contribution in [3.63, 3.8) is 0 Å². The third kappa shape index (κ3) is 3.45. The van der Waals surface area contributed by atoms with Gasteiger partial charge < -0.3 is 10.3 Å². The number of anilines is 1. The zero-order valence-corrected chi connectivity index (χ0v) is 14.8.